The van der Waals surface area contributed by atoms with Crippen LogP contribution in [0.15, 0.2) is 28.7 Å². The zero-order valence-electron chi connectivity index (χ0n) is 7.71. The molecule has 0 saturated carbocycles. The molecule has 4 heteroatoms. The third-order valence-corrected chi connectivity index (χ3v) is 2.06. The fourth-order valence-electron chi connectivity index (χ4n) is 1.28. The summed E-state index contributed by atoms with van der Waals surface area (Å²) in [5.41, 5.74) is 0.861. The number of halogens is 2. The maximum absolute atomic E-state index is 5.84. The Kier molecular flexibility index (Phi) is 3.67. The van der Waals surface area contributed by atoms with Gasteiger partial charge in [-0.2, -0.15) is 0 Å². The van der Waals surface area contributed by atoms with Crippen molar-refractivity contribution in [2.24, 2.45) is 0 Å². The number of hydrogen-bond donors (Lipinski definition) is 1. The van der Waals surface area contributed by atoms with Crippen molar-refractivity contribution < 1.29 is 4.42 Å². The van der Waals surface area contributed by atoms with E-state index in [2.05, 4.69) is 5.32 Å². The Morgan fingerprint density at radius 3 is 2.86 bits per heavy atom. The minimum Gasteiger partial charge on any atom is -0.441 e. The number of fused-ring (bicyclic) bond motifs is 1. The van der Waals surface area contributed by atoms with Crippen molar-refractivity contribution in [2.45, 2.75) is 6.92 Å². The second-order valence-electron chi connectivity index (χ2n) is 2.82. The van der Waals surface area contributed by atoms with Crippen LogP contribution in [0.5, 0.6) is 0 Å². The molecular weight excluding hydrogens is 221 g/mol. The Balaban J connectivity index is 0.000000980. The number of benzene rings is 1. The van der Waals surface area contributed by atoms with Crippen LogP contribution < -0.4 is 5.32 Å². The number of rotatable bonds is 2. The maximum atomic E-state index is 5.84. The van der Waals surface area contributed by atoms with Crippen molar-refractivity contribution in [1.29, 1.82) is 0 Å². The molecule has 76 valence electrons. The average Bonchev–Trinajstić information content (AvgIpc) is 2.46. The molecule has 0 radical (unpaired) electrons. The Morgan fingerprint density at radius 1 is 1.36 bits per heavy atom. The van der Waals surface area contributed by atoms with Gasteiger partial charge in [0.05, 0.1) is 0 Å². The first kappa shape index (κ1) is 11.2. The molecule has 2 nitrogen and oxygen atoms in total. The lowest BCUT2D eigenvalue weighted by Crippen LogP contribution is -1.93. The molecular formula is C10H11Cl2NO. The Hall–Kier alpha value is -0.860. The van der Waals surface area contributed by atoms with Crippen LogP contribution >= 0.6 is 24.0 Å². The van der Waals surface area contributed by atoms with Crippen molar-refractivity contribution in [2.75, 3.05) is 11.9 Å². The van der Waals surface area contributed by atoms with Crippen molar-refractivity contribution in [3.63, 3.8) is 0 Å². The van der Waals surface area contributed by atoms with Crippen LogP contribution in [-0.2, 0) is 0 Å². The van der Waals surface area contributed by atoms with Crippen molar-refractivity contribution in [3.8, 4) is 0 Å². The highest BCUT2D eigenvalue weighted by atomic mass is 35.5. The first-order valence-electron chi connectivity index (χ1n) is 4.22. The van der Waals surface area contributed by atoms with E-state index in [4.69, 9.17) is 16.0 Å². The molecule has 0 saturated heterocycles. The molecule has 0 aliphatic rings. The Bertz CT molecular complexity index is 425. The fourth-order valence-corrected chi connectivity index (χ4v) is 1.46. The highest BCUT2D eigenvalue weighted by Gasteiger charge is 2.02. The van der Waals surface area contributed by atoms with Gasteiger partial charge < -0.3 is 9.73 Å². The van der Waals surface area contributed by atoms with Gasteiger partial charge >= 0.3 is 0 Å². The first-order valence-corrected chi connectivity index (χ1v) is 4.60. The summed E-state index contributed by atoms with van der Waals surface area (Å²) in [5.74, 6) is 0.791. The van der Waals surface area contributed by atoms with Gasteiger partial charge in [-0.1, -0.05) is 11.6 Å². The molecule has 0 fully saturated rings. The van der Waals surface area contributed by atoms with Crippen LogP contribution in [0.25, 0.3) is 11.0 Å². The summed E-state index contributed by atoms with van der Waals surface area (Å²) >= 11 is 5.84. The Morgan fingerprint density at radius 2 is 2.14 bits per heavy atom. The third kappa shape index (κ3) is 2.14. The van der Waals surface area contributed by atoms with E-state index >= 15 is 0 Å². The summed E-state index contributed by atoms with van der Waals surface area (Å²) in [4.78, 5) is 0. The smallest absolute Gasteiger partial charge is 0.194 e. The molecule has 2 rings (SSSR count). The normalized spacial score (nSPS) is 9.86. The molecule has 0 spiro atoms. The molecule has 1 aromatic heterocycles. The van der Waals surface area contributed by atoms with Crippen molar-refractivity contribution in [3.05, 3.63) is 29.3 Å². The first-order chi connectivity index (χ1) is 6.29. The molecule has 0 aliphatic carbocycles. The summed E-state index contributed by atoms with van der Waals surface area (Å²) in [6.45, 7) is 2.88. The molecule has 0 amide bonds. The van der Waals surface area contributed by atoms with Crippen LogP contribution in [0.2, 0.25) is 5.02 Å². The van der Waals surface area contributed by atoms with Gasteiger partial charge in [-0.15, -0.1) is 12.4 Å². The highest BCUT2D eigenvalue weighted by Crippen LogP contribution is 2.25. The van der Waals surface area contributed by atoms with E-state index in [0.29, 0.717) is 0 Å². The van der Waals surface area contributed by atoms with Crippen LogP contribution in [0.1, 0.15) is 6.92 Å². The third-order valence-electron chi connectivity index (χ3n) is 1.83. The van der Waals surface area contributed by atoms with Gasteiger partial charge in [0, 0.05) is 23.0 Å². The second kappa shape index (κ2) is 4.58. The van der Waals surface area contributed by atoms with E-state index in [1.807, 2.05) is 31.2 Å². The molecule has 0 aliphatic heterocycles. The van der Waals surface area contributed by atoms with Gasteiger partial charge in [0.25, 0.3) is 0 Å². The van der Waals surface area contributed by atoms with E-state index in [0.717, 1.165) is 28.4 Å². The zero-order chi connectivity index (χ0) is 9.26. The number of furan rings is 1. The quantitative estimate of drug-likeness (QED) is 0.848. The summed E-state index contributed by atoms with van der Waals surface area (Å²) in [5, 5.41) is 4.87. The summed E-state index contributed by atoms with van der Waals surface area (Å²) in [7, 11) is 0. The number of nitrogens with one attached hydrogen (secondary N) is 1. The minimum absolute atomic E-state index is 0. The molecule has 2 aromatic rings. The largest absolute Gasteiger partial charge is 0.441 e. The van der Waals surface area contributed by atoms with Gasteiger partial charge in [0.2, 0.25) is 0 Å². The number of hydrogen-bond acceptors (Lipinski definition) is 2. The molecule has 1 N–H and O–H groups in total. The van der Waals surface area contributed by atoms with E-state index in [1.165, 1.54) is 0 Å². The summed E-state index contributed by atoms with van der Waals surface area (Å²) in [6, 6.07) is 7.54. The van der Waals surface area contributed by atoms with Gasteiger partial charge in [0.15, 0.2) is 5.88 Å². The lowest BCUT2D eigenvalue weighted by molar-refractivity contribution is 0.628. The Labute approximate surface area is 93.6 Å². The predicted octanol–water partition coefficient (Wildman–Crippen LogP) is 3.94. The fraction of sp³-hybridized carbons (Fsp3) is 0.200. The summed E-state index contributed by atoms with van der Waals surface area (Å²) < 4.78 is 5.49. The maximum Gasteiger partial charge on any atom is 0.194 e. The molecule has 1 aromatic carbocycles. The van der Waals surface area contributed by atoms with E-state index in [1.54, 1.807) is 0 Å². The lowest BCUT2D eigenvalue weighted by atomic mass is 10.2. The standard InChI is InChI=1S/C10H10ClNO.ClH/c1-2-12-10-6-7-5-8(11)3-4-9(7)13-10;/h3-6,12H,2H2,1H3;1H. The highest BCUT2D eigenvalue weighted by molar-refractivity contribution is 6.31. The number of anilines is 1. The van der Waals surface area contributed by atoms with E-state index < -0.39 is 0 Å². The van der Waals surface area contributed by atoms with Crippen LogP contribution in [0.4, 0.5) is 5.88 Å². The molecule has 0 unspecified atom stereocenters. The van der Waals surface area contributed by atoms with Crippen molar-refractivity contribution in [1.82, 2.24) is 0 Å². The van der Waals surface area contributed by atoms with Gasteiger partial charge in [-0.25, -0.2) is 0 Å². The van der Waals surface area contributed by atoms with Gasteiger partial charge in [-0.05, 0) is 25.1 Å². The van der Waals surface area contributed by atoms with E-state index in [9.17, 15) is 0 Å². The van der Waals surface area contributed by atoms with Crippen LogP contribution in [0.3, 0.4) is 0 Å². The second-order valence-corrected chi connectivity index (χ2v) is 3.26. The average molecular weight is 232 g/mol. The SMILES string of the molecule is CCNc1cc2cc(Cl)ccc2o1.Cl. The topological polar surface area (TPSA) is 25.2 Å². The lowest BCUT2D eigenvalue weighted by Gasteiger charge is -1.93. The molecule has 0 atom stereocenters. The van der Waals surface area contributed by atoms with Crippen LogP contribution in [0, 0.1) is 0 Å². The predicted molar refractivity (Wildman–Crippen MR) is 62.6 cm³/mol. The molecule has 14 heavy (non-hydrogen) atoms. The zero-order valence-corrected chi connectivity index (χ0v) is 9.28. The van der Waals surface area contributed by atoms with Gasteiger partial charge in [0.1, 0.15) is 5.58 Å². The van der Waals surface area contributed by atoms with Gasteiger partial charge in [-0.3, -0.25) is 0 Å². The monoisotopic (exact) mass is 231 g/mol. The van der Waals surface area contributed by atoms with Crippen molar-refractivity contribution >= 4 is 40.9 Å². The van der Waals surface area contributed by atoms with E-state index in [-0.39, 0.29) is 12.4 Å². The van der Waals surface area contributed by atoms with Crippen LogP contribution in [-0.4, -0.2) is 6.54 Å². The minimum atomic E-state index is 0. The summed E-state index contributed by atoms with van der Waals surface area (Å²) in [6.07, 6.45) is 0. The molecule has 0 bridgehead atoms. The molecule has 1 heterocycles.